The molecule has 0 radical (unpaired) electrons. The van der Waals surface area contributed by atoms with Crippen molar-refractivity contribution in [2.45, 2.75) is 309 Å². The summed E-state index contributed by atoms with van der Waals surface area (Å²) in [5, 5.41) is 23.8. The fourth-order valence-corrected chi connectivity index (χ4v) is 8.42. The molecule has 0 aromatic rings. The molecule has 3 N–H and O–H groups in total. The van der Waals surface area contributed by atoms with E-state index < -0.39 is 18.2 Å². The van der Waals surface area contributed by atoms with E-state index in [1.807, 2.05) is 0 Å². The van der Waals surface area contributed by atoms with E-state index in [-0.39, 0.29) is 24.9 Å². The van der Waals surface area contributed by atoms with Crippen molar-refractivity contribution in [3.05, 3.63) is 24.3 Å². The van der Waals surface area contributed by atoms with Crippen molar-refractivity contribution >= 4 is 11.9 Å². The maximum Gasteiger partial charge on any atom is 0.306 e. The molecular formula is C55H105NO5. The molecule has 360 valence electrons. The van der Waals surface area contributed by atoms with Crippen LogP contribution in [0.2, 0.25) is 0 Å². The molecule has 0 saturated heterocycles. The molecule has 0 rings (SSSR count). The molecule has 0 fully saturated rings. The number of carbonyl (C=O) groups is 2. The Labute approximate surface area is 380 Å². The van der Waals surface area contributed by atoms with Crippen LogP contribution in [0.1, 0.15) is 290 Å². The van der Waals surface area contributed by atoms with Crippen molar-refractivity contribution in [1.82, 2.24) is 5.32 Å². The molecule has 0 bridgehead atoms. The van der Waals surface area contributed by atoms with Crippen LogP contribution in [0.3, 0.4) is 0 Å². The lowest BCUT2D eigenvalue weighted by Gasteiger charge is -2.24. The smallest absolute Gasteiger partial charge is 0.306 e. The number of unbranched alkanes of at least 4 members (excludes halogenated alkanes) is 34. The highest BCUT2D eigenvalue weighted by Gasteiger charge is 2.24. The Morgan fingerprint density at radius 3 is 1.25 bits per heavy atom. The third kappa shape index (κ3) is 44.7. The summed E-state index contributed by atoms with van der Waals surface area (Å²) in [5.41, 5.74) is 0. The van der Waals surface area contributed by atoms with Gasteiger partial charge in [-0.1, -0.05) is 251 Å². The fraction of sp³-hybridized carbons (Fsp3) is 0.891. The number of aliphatic hydroxyl groups is 2. The van der Waals surface area contributed by atoms with Gasteiger partial charge in [-0.2, -0.15) is 0 Å². The van der Waals surface area contributed by atoms with Gasteiger partial charge >= 0.3 is 5.97 Å². The first kappa shape index (κ1) is 59.3. The fourth-order valence-electron chi connectivity index (χ4n) is 8.42. The molecule has 0 aliphatic rings. The number of ether oxygens (including phenoxy) is 1. The largest absolute Gasteiger partial charge is 0.462 e. The van der Waals surface area contributed by atoms with E-state index in [0.29, 0.717) is 19.3 Å². The number of amides is 1. The molecule has 0 aromatic heterocycles. The zero-order chi connectivity index (χ0) is 44.5. The van der Waals surface area contributed by atoms with Gasteiger partial charge in [0.2, 0.25) is 5.91 Å². The first-order valence-electron chi connectivity index (χ1n) is 27.1. The highest BCUT2D eigenvalue weighted by Crippen LogP contribution is 2.18. The Bertz CT molecular complexity index is 966. The lowest BCUT2D eigenvalue weighted by atomic mass is 10.0. The van der Waals surface area contributed by atoms with E-state index in [9.17, 15) is 19.8 Å². The Morgan fingerprint density at radius 1 is 0.475 bits per heavy atom. The number of allylic oxidation sites excluding steroid dienone is 4. The SMILES string of the molecule is CCCCC/C=C/C=C/CCCCCCC(CC(=O)NC(CO)C(O)CCCCCCCCCCCCCCCC)OC(=O)CCCCCCCCCCCCCCCCC. The van der Waals surface area contributed by atoms with Gasteiger partial charge in [0.1, 0.15) is 6.10 Å². The van der Waals surface area contributed by atoms with Gasteiger partial charge in [-0.05, 0) is 51.4 Å². The van der Waals surface area contributed by atoms with Crippen LogP contribution >= 0.6 is 0 Å². The number of esters is 1. The maximum atomic E-state index is 13.2. The van der Waals surface area contributed by atoms with Crippen molar-refractivity contribution in [3.63, 3.8) is 0 Å². The first-order valence-corrected chi connectivity index (χ1v) is 27.1. The highest BCUT2D eigenvalue weighted by molar-refractivity contribution is 5.77. The first-order chi connectivity index (χ1) is 30.0. The van der Waals surface area contributed by atoms with Crippen molar-refractivity contribution in [1.29, 1.82) is 0 Å². The van der Waals surface area contributed by atoms with Crippen LogP contribution in [0.15, 0.2) is 24.3 Å². The minimum atomic E-state index is -0.789. The summed E-state index contributed by atoms with van der Waals surface area (Å²) in [4.78, 5) is 26.2. The summed E-state index contributed by atoms with van der Waals surface area (Å²) in [6.45, 7) is 6.47. The lowest BCUT2D eigenvalue weighted by Crippen LogP contribution is -2.46. The maximum absolute atomic E-state index is 13.2. The second-order valence-corrected chi connectivity index (χ2v) is 18.7. The van der Waals surface area contributed by atoms with E-state index in [0.717, 1.165) is 70.6 Å². The van der Waals surface area contributed by atoms with Crippen molar-refractivity contribution in [2.75, 3.05) is 6.61 Å². The molecule has 6 heteroatoms. The van der Waals surface area contributed by atoms with Crippen LogP contribution < -0.4 is 5.32 Å². The Morgan fingerprint density at radius 2 is 0.820 bits per heavy atom. The molecule has 0 spiro atoms. The summed E-state index contributed by atoms with van der Waals surface area (Å²) in [5.74, 6) is -0.478. The summed E-state index contributed by atoms with van der Waals surface area (Å²) in [6, 6.07) is -0.703. The minimum Gasteiger partial charge on any atom is -0.462 e. The predicted octanol–water partition coefficient (Wildman–Crippen LogP) is 16.3. The van der Waals surface area contributed by atoms with Crippen molar-refractivity contribution in [3.8, 4) is 0 Å². The molecule has 0 heterocycles. The van der Waals surface area contributed by atoms with E-state index in [4.69, 9.17) is 4.74 Å². The van der Waals surface area contributed by atoms with Gasteiger partial charge in [0.05, 0.1) is 25.2 Å². The average Bonchev–Trinajstić information content (AvgIpc) is 3.25. The molecule has 1 amide bonds. The van der Waals surface area contributed by atoms with E-state index in [2.05, 4.69) is 50.4 Å². The number of carbonyl (C=O) groups excluding carboxylic acids is 2. The molecule has 61 heavy (non-hydrogen) atoms. The van der Waals surface area contributed by atoms with Gasteiger partial charge < -0.3 is 20.3 Å². The third-order valence-electron chi connectivity index (χ3n) is 12.6. The molecule has 0 aromatic carbocycles. The number of rotatable bonds is 49. The van der Waals surface area contributed by atoms with Crippen LogP contribution in [-0.4, -0.2) is 46.9 Å². The second-order valence-electron chi connectivity index (χ2n) is 18.7. The zero-order valence-electron chi connectivity index (χ0n) is 41.1. The molecule has 3 atom stereocenters. The second kappa shape index (κ2) is 49.4. The average molecular weight is 860 g/mol. The normalized spacial score (nSPS) is 13.3. The van der Waals surface area contributed by atoms with Crippen LogP contribution in [0.25, 0.3) is 0 Å². The topological polar surface area (TPSA) is 95.9 Å². The van der Waals surface area contributed by atoms with Gasteiger partial charge in [0, 0.05) is 6.42 Å². The number of hydrogen-bond acceptors (Lipinski definition) is 5. The van der Waals surface area contributed by atoms with Crippen LogP contribution in [-0.2, 0) is 14.3 Å². The van der Waals surface area contributed by atoms with E-state index in [1.165, 1.54) is 173 Å². The zero-order valence-corrected chi connectivity index (χ0v) is 41.1. The van der Waals surface area contributed by atoms with Crippen LogP contribution in [0, 0.1) is 0 Å². The van der Waals surface area contributed by atoms with E-state index >= 15 is 0 Å². The van der Waals surface area contributed by atoms with Crippen LogP contribution in [0.5, 0.6) is 0 Å². The van der Waals surface area contributed by atoms with Crippen molar-refractivity contribution < 1.29 is 24.5 Å². The Kier molecular flexibility index (Phi) is 48.0. The molecule has 3 unspecified atom stereocenters. The summed E-state index contributed by atoms with van der Waals surface area (Å²) >= 11 is 0. The van der Waals surface area contributed by atoms with Gasteiger partial charge in [-0.15, -0.1) is 0 Å². The predicted molar refractivity (Wildman–Crippen MR) is 264 cm³/mol. The molecule has 0 saturated carbocycles. The monoisotopic (exact) mass is 860 g/mol. The Balaban J connectivity index is 4.54. The third-order valence-corrected chi connectivity index (χ3v) is 12.6. The summed E-state index contributed by atoms with van der Waals surface area (Å²) in [7, 11) is 0. The minimum absolute atomic E-state index is 0.0694. The standard InChI is InChI=1S/C55H105NO5/c1-4-7-10-13-16-19-22-25-27-30-33-36-39-42-45-48-55(60)61-51(46-43-40-37-34-31-28-24-21-18-15-12-9-6-3)49-54(59)56-52(50-57)53(58)47-44-41-38-35-32-29-26-23-20-17-14-11-8-5-2/h18,21,24,28,51-53,57-58H,4-17,19-20,22-23,25-27,29-50H2,1-3H3,(H,56,59)/b21-18+,28-24+. The summed E-state index contributed by atoms with van der Waals surface area (Å²) < 4.78 is 5.94. The highest BCUT2D eigenvalue weighted by atomic mass is 16.5. The van der Waals surface area contributed by atoms with E-state index in [1.54, 1.807) is 0 Å². The quantitative estimate of drug-likeness (QED) is 0.0322. The van der Waals surface area contributed by atoms with Gasteiger partial charge in [-0.25, -0.2) is 0 Å². The summed E-state index contributed by atoms with van der Waals surface area (Å²) in [6.07, 6.45) is 56.6. The van der Waals surface area contributed by atoms with Gasteiger partial charge in [0.25, 0.3) is 0 Å². The molecule has 0 aliphatic heterocycles. The Hall–Kier alpha value is -1.66. The molecular weight excluding hydrogens is 755 g/mol. The molecule has 0 aliphatic carbocycles. The van der Waals surface area contributed by atoms with Gasteiger partial charge in [-0.3, -0.25) is 9.59 Å². The van der Waals surface area contributed by atoms with Crippen LogP contribution in [0.4, 0.5) is 0 Å². The lowest BCUT2D eigenvalue weighted by molar-refractivity contribution is -0.151. The molecule has 6 nitrogen and oxygen atoms in total. The number of hydrogen-bond donors (Lipinski definition) is 3. The number of nitrogens with one attached hydrogen (secondary N) is 1. The van der Waals surface area contributed by atoms with Crippen molar-refractivity contribution in [2.24, 2.45) is 0 Å². The number of aliphatic hydroxyl groups excluding tert-OH is 2. The van der Waals surface area contributed by atoms with Gasteiger partial charge in [0.15, 0.2) is 0 Å².